The van der Waals surface area contributed by atoms with Crippen LogP contribution in [0.3, 0.4) is 0 Å². The van der Waals surface area contributed by atoms with Gasteiger partial charge in [0.25, 0.3) is 0 Å². The predicted octanol–water partition coefficient (Wildman–Crippen LogP) is 13.5. The number of hydrogen-bond donors (Lipinski definition) is 0. The minimum absolute atomic E-state index is 0.0727. The molecule has 0 radical (unpaired) electrons. The van der Waals surface area contributed by atoms with Gasteiger partial charge in [-0.2, -0.15) is 0 Å². The summed E-state index contributed by atoms with van der Waals surface area (Å²) in [5.74, 6) is -1.81. The van der Waals surface area contributed by atoms with E-state index in [1.807, 2.05) is 0 Å². The SMILES string of the molecule is Cc1ccc2c(c1-c1ccccc1)C=C(c1ccccc1)[CH]2[Zr]([Cl])([Cl])([CH]1C(c2ccccc2)=Cc2c1ccc(C)c2-c1ccccc1)[SiH](C)C. The van der Waals surface area contributed by atoms with Crippen LogP contribution < -0.4 is 0 Å². The van der Waals surface area contributed by atoms with E-state index in [2.05, 4.69) is 185 Å². The quantitative estimate of drug-likeness (QED) is 0.142. The minimum atomic E-state index is -5.16. The molecule has 2 aliphatic carbocycles. The zero-order valence-corrected chi connectivity index (χ0v) is 34.1. The molecule has 247 valence electrons. The monoisotopic (exact) mass is 781 g/mol. The zero-order chi connectivity index (χ0) is 34.6. The number of halogens is 2. The van der Waals surface area contributed by atoms with E-state index in [9.17, 15) is 0 Å². The molecule has 2 unspecified atom stereocenters. The Balaban J connectivity index is 1.46. The number of fused-ring (bicyclic) bond motifs is 2. The fourth-order valence-corrected chi connectivity index (χ4v) is 39.0. The maximum absolute atomic E-state index is 8.92. The molecular formula is C46H41Cl2SiZr. The van der Waals surface area contributed by atoms with Gasteiger partial charge in [0, 0.05) is 0 Å². The second-order valence-corrected chi connectivity index (χ2v) is 56.9. The van der Waals surface area contributed by atoms with Crippen LogP contribution in [-0.2, 0) is 15.6 Å². The first-order chi connectivity index (χ1) is 24.2. The van der Waals surface area contributed by atoms with Crippen LogP contribution in [0.2, 0.25) is 13.1 Å². The molecule has 0 spiro atoms. The van der Waals surface area contributed by atoms with Gasteiger partial charge >= 0.3 is 308 Å². The van der Waals surface area contributed by atoms with Crippen LogP contribution in [-0.4, -0.2) is 5.92 Å². The van der Waals surface area contributed by atoms with Crippen molar-refractivity contribution in [2.24, 2.45) is 0 Å². The summed E-state index contributed by atoms with van der Waals surface area (Å²) in [6, 6.07) is 52.7. The first-order valence-corrected chi connectivity index (χ1v) is 34.0. The summed E-state index contributed by atoms with van der Waals surface area (Å²) >= 11 is -5.16. The van der Waals surface area contributed by atoms with E-state index in [1.165, 1.54) is 77.9 Å². The summed E-state index contributed by atoms with van der Waals surface area (Å²) in [4.78, 5) is 0. The molecule has 0 aromatic heterocycles. The van der Waals surface area contributed by atoms with Crippen LogP contribution >= 0.6 is 17.0 Å². The molecule has 2 aliphatic rings. The Labute approximate surface area is 305 Å². The van der Waals surface area contributed by atoms with Crippen molar-refractivity contribution in [3.63, 3.8) is 0 Å². The van der Waals surface area contributed by atoms with Gasteiger partial charge in [0.05, 0.1) is 0 Å². The van der Waals surface area contributed by atoms with Crippen molar-refractivity contribution in [2.75, 3.05) is 0 Å². The third-order valence-electron chi connectivity index (χ3n) is 11.4. The van der Waals surface area contributed by atoms with Gasteiger partial charge in [-0.25, -0.2) is 0 Å². The molecule has 6 aromatic carbocycles. The van der Waals surface area contributed by atoms with E-state index in [4.69, 9.17) is 17.0 Å². The van der Waals surface area contributed by atoms with E-state index in [0.717, 1.165) is 0 Å². The molecule has 0 saturated heterocycles. The van der Waals surface area contributed by atoms with Crippen molar-refractivity contribution in [3.05, 3.63) is 190 Å². The Morgan fingerprint density at radius 3 is 1.08 bits per heavy atom. The molecule has 0 amide bonds. The zero-order valence-electron chi connectivity index (χ0n) is 29.0. The van der Waals surface area contributed by atoms with Gasteiger partial charge in [-0.3, -0.25) is 0 Å². The molecular weight excluding hydrogens is 743 g/mol. The topological polar surface area (TPSA) is 0 Å². The van der Waals surface area contributed by atoms with Gasteiger partial charge in [0.2, 0.25) is 0 Å². The molecule has 0 aliphatic heterocycles. The average Bonchev–Trinajstić information content (AvgIpc) is 3.74. The van der Waals surface area contributed by atoms with Gasteiger partial charge in [0.1, 0.15) is 0 Å². The van der Waals surface area contributed by atoms with Crippen LogP contribution in [0.5, 0.6) is 0 Å². The Morgan fingerprint density at radius 1 is 0.440 bits per heavy atom. The first-order valence-electron chi connectivity index (χ1n) is 17.7. The van der Waals surface area contributed by atoms with Crippen LogP contribution in [0.25, 0.3) is 45.6 Å². The third-order valence-corrected chi connectivity index (χ3v) is 62.9. The fraction of sp³-hybridized carbons (Fsp3) is 0.130. The second kappa shape index (κ2) is 12.9. The van der Waals surface area contributed by atoms with Crippen molar-refractivity contribution in [2.45, 2.75) is 34.2 Å². The first kappa shape index (κ1) is 33.6. The molecule has 0 saturated carbocycles. The third kappa shape index (κ3) is 5.26. The number of rotatable bonds is 7. The van der Waals surface area contributed by atoms with E-state index < -0.39 is 21.5 Å². The molecule has 4 heteroatoms. The van der Waals surface area contributed by atoms with Crippen LogP contribution in [0, 0.1) is 13.8 Å². The normalized spacial score (nSPS) is 17.5. The Morgan fingerprint density at radius 2 is 0.760 bits per heavy atom. The number of benzene rings is 6. The maximum atomic E-state index is 8.92. The molecule has 8 rings (SSSR count). The molecule has 0 fully saturated rings. The summed E-state index contributed by atoms with van der Waals surface area (Å²) in [7, 11) is 17.8. The number of hydrogen-bond acceptors (Lipinski definition) is 0. The summed E-state index contributed by atoms with van der Waals surface area (Å²) in [6.07, 6.45) is 4.90. The molecule has 50 heavy (non-hydrogen) atoms. The van der Waals surface area contributed by atoms with Crippen LogP contribution in [0.1, 0.15) is 51.8 Å². The second-order valence-electron chi connectivity index (χ2n) is 14.4. The summed E-state index contributed by atoms with van der Waals surface area (Å²) in [5.41, 5.74) is 17.6. The summed E-state index contributed by atoms with van der Waals surface area (Å²) in [6.45, 7) is 9.33. The van der Waals surface area contributed by atoms with Crippen molar-refractivity contribution >= 4 is 46.2 Å². The standard InChI is InChI=1S/2C22H17.C2H7Si.2ClH.Zr/c2*1-16-12-13-19-14-20(17-8-4-2-5-9-17)15-21(19)22(16)18-10-6-3-7-11-18;1-3-2;;;/h2*2-15H,1H3;3H,1-2H3;2*1H;/q;;;;;+2/p-2. The van der Waals surface area contributed by atoms with Gasteiger partial charge in [-0.15, -0.1) is 0 Å². The summed E-state index contributed by atoms with van der Waals surface area (Å²) in [5, 5.41) is 0. The molecule has 0 bridgehead atoms. The average molecular weight is 784 g/mol. The van der Waals surface area contributed by atoms with Crippen molar-refractivity contribution in [3.8, 4) is 22.3 Å². The summed E-state index contributed by atoms with van der Waals surface area (Å²) < 4.78 is -0.145. The van der Waals surface area contributed by atoms with Crippen molar-refractivity contribution in [1.82, 2.24) is 0 Å². The Bertz CT molecular complexity index is 2130. The van der Waals surface area contributed by atoms with Gasteiger partial charge in [0.15, 0.2) is 0 Å². The van der Waals surface area contributed by atoms with Crippen LogP contribution in [0.15, 0.2) is 146 Å². The van der Waals surface area contributed by atoms with Gasteiger partial charge in [-0.1, -0.05) is 0 Å². The number of aryl methyl sites for hydroxylation is 2. The van der Waals surface area contributed by atoms with E-state index in [1.54, 1.807) is 0 Å². The van der Waals surface area contributed by atoms with Gasteiger partial charge < -0.3 is 0 Å². The molecule has 0 nitrogen and oxygen atoms in total. The Hall–Kier alpha value is -3.52. The van der Waals surface area contributed by atoms with E-state index >= 15 is 0 Å². The fourth-order valence-electron chi connectivity index (χ4n) is 8.88. The van der Waals surface area contributed by atoms with E-state index in [0.29, 0.717) is 0 Å². The Kier molecular flexibility index (Phi) is 8.68. The van der Waals surface area contributed by atoms with E-state index in [-0.39, 0.29) is 7.25 Å². The predicted molar refractivity (Wildman–Crippen MR) is 218 cm³/mol. The van der Waals surface area contributed by atoms with Crippen molar-refractivity contribution in [1.29, 1.82) is 0 Å². The number of allylic oxidation sites excluding steroid dienone is 2. The molecule has 6 aromatic rings. The van der Waals surface area contributed by atoms with Crippen molar-refractivity contribution < 1.29 is 15.6 Å². The van der Waals surface area contributed by atoms with Gasteiger partial charge in [-0.05, 0) is 0 Å². The molecule has 0 N–H and O–H groups in total. The molecule has 2 atom stereocenters. The molecule has 0 heterocycles. The van der Waals surface area contributed by atoms with Crippen LogP contribution in [0.4, 0.5) is 0 Å².